The molecule has 1 aromatic carbocycles. The molecule has 0 spiro atoms. The monoisotopic (exact) mass is 201 g/mol. The highest BCUT2D eigenvalue weighted by atomic mass is 15.1. The van der Waals surface area contributed by atoms with Gasteiger partial charge < -0.3 is 4.90 Å². The van der Waals surface area contributed by atoms with Crippen LogP contribution >= 0.6 is 0 Å². The Balaban J connectivity index is 1.85. The van der Waals surface area contributed by atoms with Crippen molar-refractivity contribution in [1.82, 2.24) is 4.90 Å². The lowest BCUT2D eigenvalue weighted by Gasteiger charge is -2.18. The Hall–Kier alpha value is -1.24. The van der Waals surface area contributed by atoms with E-state index in [2.05, 4.69) is 54.4 Å². The Kier molecular flexibility index (Phi) is 3.44. The molecule has 0 aromatic heterocycles. The first-order chi connectivity index (χ1) is 7.36. The van der Waals surface area contributed by atoms with Crippen molar-refractivity contribution in [3.8, 4) is 0 Å². The normalized spacial score (nSPS) is 21.4. The number of hydrogen-bond donors (Lipinski definition) is 0. The van der Waals surface area contributed by atoms with Crippen LogP contribution in [-0.4, -0.2) is 17.5 Å². The molecule has 1 atom stereocenters. The van der Waals surface area contributed by atoms with Gasteiger partial charge in [-0.1, -0.05) is 36.4 Å². The Morgan fingerprint density at radius 3 is 2.80 bits per heavy atom. The van der Waals surface area contributed by atoms with Gasteiger partial charge in [-0.15, -0.1) is 0 Å². The Morgan fingerprint density at radius 2 is 2.13 bits per heavy atom. The van der Waals surface area contributed by atoms with Crippen LogP contribution in [0.25, 0.3) is 0 Å². The average molecular weight is 201 g/mol. The van der Waals surface area contributed by atoms with E-state index in [9.17, 15) is 0 Å². The van der Waals surface area contributed by atoms with Gasteiger partial charge in [0.25, 0.3) is 0 Å². The molecule has 0 bridgehead atoms. The summed E-state index contributed by atoms with van der Waals surface area (Å²) in [5, 5.41) is 0. The van der Waals surface area contributed by atoms with Crippen LogP contribution in [0.3, 0.4) is 0 Å². The second kappa shape index (κ2) is 5.01. The largest absolute Gasteiger partial charge is 0.375 e. The molecule has 0 saturated carbocycles. The van der Waals surface area contributed by atoms with Gasteiger partial charge in [0.05, 0.1) is 0 Å². The smallest absolute Gasteiger partial charge is 0.0256 e. The molecule has 1 aliphatic rings. The molecule has 2 rings (SSSR count). The molecule has 1 saturated heterocycles. The summed E-state index contributed by atoms with van der Waals surface area (Å²) in [6.07, 6.45) is 8.28. The molecule has 0 aliphatic carbocycles. The number of hydrogen-bond acceptors (Lipinski definition) is 1. The third kappa shape index (κ3) is 2.85. The second-order valence-corrected chi connectivity index (χ2v) is 4.30. The maximum atomic E-state index is 2.45. The molecule has 1 fully saturated rings. The van der Waals surface area contributed by atoms with Gasteiger partial charge in [-0.25, -0.2) is 0 Å². The molecule has 1 aliphatic heterocycles. The molecule has 15 heavy (non-hydrogen) atoms. The molecule has 1 aromatic rings. The van der Waals surface area contributed by atoms with Gasteiger partial charge in [-0.05, 0) is 37.9 Å². The van der Waals surface area contributed by atoms with Crippen LogP contribution in [0.1, 0.15) is 25.3 Å². The topological polar surface area (TPSA) is 3.24 Å². The molecule has 1 nitrogen and oxygen atoms in total. The molecule has 0 N–H and O–H groups in total. The van der Waals surface area contributed by atoms with Crippen LogP contribution in [0.4, 0.5) is 0 Å². The Bertz CT molecular complexity index is 315. The minimum atomic E-state index is 0.733. The third-order valence-electron chi connectivity index (χ3n) is 3.10. The highest BCUT2D eigenvalue weighted by Crippen LogP contribution is 2.16. The number of benzene rings is 1. The summed E-state index contributed by atoms with van der Waals surface area (Å²) in [4.78, 5) is 2.45. The van der Waals surface area contributed by atoms with Crippen LogP contribution in [0, 0.1) is 0 Å². The number of rotatable bonds is 3. The van der Waals surface area contributed by atoms with E-state index in [-0.39, 0.29) is 0 Å². The van der Waals surface area contributed by atoms with E-state index in [0.717, 1.165) is 12.5 Å². The average Bonchev–Trinajstić information content (AvgIpc) is 2.66. The molecule has 0 unspecified atom stereocenters. The highest BCUT2D eigenvalue weighted by Gasteiger charge is 2.15. The van der Waals surface area contributed by atoms with E-state index >= 15 is 0 Å². The molecule has 1 heteroatoms. The summed E-state index contributed by atoms with van der Waals surface area (Å²) in [5.41, 5.74) is 1.39. The van der Waals surface area contributed by atoms with Crippen LogP contribution in [0.5, 0.6) is 0 Å². The SMILES string of the molecule is C[C@H]1CCCN1/C=C/Cc1ccccc1. The predicted octanol–water partition coefficient (Wildman–Crippen LogP) is 3.23. The highest BCUT2D eigenvalue weighted by molar-refractivity contribution is 5.17. The molecule has 80 valence electrons. The lowest BCUT2D eigenvalue weighted by molar-refractivity contribution is 0.371. The molecular formula is C14H19N. The second-order valence-electron chi connectivity index (χ2n) is 4.30. The van der Waals surface area contributed by atoms with Gasteiger partial charge >= 0.3 is 0 Å². The lowest BCUT2D eigenvalue weighted by Crippen LogP contribution is -2.20. The molecular weight excluding hydrogens is 182 g/mol. The van der Waals surface area contributed by atoms with E-state index in [0.29, 0.717) is 0 Å². The first kappa shape index (κ1) is 10.3. The summed E-state index contributed by atoms with van der Waals surface area (Å²) in [5.74, 6) is 0. The standard InChI is InChI=1S/C14H19N/c1-13-7-5-11-15(13)12-6-10-14-8-3-2-4-9-14/h2-4,6,8-9,12-13H,5,7,10-11H2,1H3/b12-6+/t13-/m0/s1. The number of nitrogens with zero attached hydrogens (tertiary/aromatic N) is 1. The summed E-state index contributed by atoms with van der Waals surface area (Å²) < 4.78 is 0. The first-order valence-electron chi connectivity index (χ1n) is 5.82. The van der Waals surface area contributed by atoms with Crippen molar-refractivity contribution in [3.63, 3.8) is 0 Å². The lowest BCUT2D eigenvalue weighted by atomic mass is 10.1. The Labute approximate surface area is 92.4 Å². The number of likely N-dealkylation sites (tertiary alicyclic amines) is 1. The maximum absolute atomic E-state index is 2.45. The van der Waals surface area contributed by atoms with Crippen LogP contribution < -0.4 is 0 Å². The third-order valence-corrected chi connectivity index (χ3v) is 3.10. The van der Waals surface area contributed by atoms with Gasteiger partial charge in [0, 0.05) is 12.6 Å². The van der Waals surface area contributed by atoms with Crippen LogP contribution in [0.2, 0.25) is 0 Å². The summed E-state index contributed by atoms with van der Waals surface area (Å²) in [6, 6.07) is 11.4. The van der Waals surface area contributed by atoms with Crippen molar-refractivity contribution in [1.29, 1.82) is 0 Å². The van der Waals surface area contributed by atoms with Crippen molar-refractivity contribution >= 4 is 0 Å². The van der Waals surface area contributed by atoms with Gasteiger partial charge in [-0.3, -0.25) is 0 Å². The summed E-state index contributed by atoms with van der Waals surface area (Å²) >= 11 is 0. The Morgan fingerprint density at radius 1 is 1.33 bits per heavy atom. The first-order valence-corrected chi connectivity index (χ1v) is 5.82. The molecule has 0 radical (unpaired) electrons. The van der Waals surface area contributed by atoms with Gasteiger partial charge in [0.15, 0.2) is 0 Å². The van der Waals surface area contributed by atoms with Crippen molar-refractivity contribution in [2.75, 3.05) is 6.54 Å². The molecule has 0 amide bonds. The summed E-state index contributed by atoms with van der Waals surface area (Å²) in [7, 11) is 0. The number of allylic oxidation sites excluding steroid dienone is 1. The van der Waals surface area contributed by atoms with Crippen LogP contribution in [-0.2, 0) is 6.42 Å². The van der Waals surface area contributed by atoms with Crippen LogP contribution in [0.15, 0.2) is 42.6 Å². The van der Waals surface area contributed by atoms with E-state index in [4.69, 9.17) is 0 Å². The maximum Gasteiger partial charge on any atom is 0.0256 e. The summed E-state index contributed by atoms with van der Waals surface area (Å²) in [6.45, 7) is 3.53. The van der Waals surface area contributed by atoms with Crippen molar-refractivity contribution < 1.29 is 0 Å². The zero-order valence-corrected chi connectivity index (χ0v) is 9.39. The van der Waals surface area contributed by atoms with Crippen molar-refractivity contribution in [3.05, 3.63) is 48.2 Å². The van der Waals surface area contributed by atoms with E-state index in [1.807, 2.05) is 0 Å². The van der Waals surface area contributed by atoms with Gasteiger partial charge in [0.1, 0.15) is 0 Å². The van der Waals surface area contributed by atoms with E-state index in [1.165, 1.54) is 24.9 Å². The van der Waals surface area contributed by atoms with Gasteiger partial charge in [-0.2, -0.15) is 0 Å². The fourth-order valence-electron chi connectivity index (χ4n) is 2.12. The van der Waals surface area contributed by atoms with E-state index in [1.54, 1.807) is 0 Å². The van der Waals surface area contributed by atoms with Gasteiger partial charge in [0.2, 0.25) is 0 Å². The fourth-order valence-corrected chi connectivity index (χ4v) is 2.12. The zero-order chi connectivity index (χ0) is 10.5. The van der Waals surface area contributed by atoms with Crippen molar-refractivity contribution in [2.24, 2.45) is 0 Å². The van der Waals surface area contributed by atoms with Crippen molar-refractivity contribution in [2.45, 2.75) is 32.2 Å². The fraction of sp³-hybridized carbons (Fsp3) is 0.429. The molecule has 1 heterocycles. The zero-order valence-electron chi connectivity index (χ0n) is 9.39. The predicted molar refractivity (Wildman–Crippen MR) is 64.7 cm³/mol. The quantitative estimate of drug-likeness (QED) is 0.725. The minimum absolute atomic E-state index is 0.733. The van der Waals surface area contributed by atoms with E-state index < -0.39 is 0 Å². The minimum Gasteiger partial charge on any atom is -0.375 e.